The number of carbonyl (C=O) groups is 3. The quantitative estimate of drug-likeness (QED) is 0.707. The third-order valence-electron chi connectivity index (χ3n) is 3.50. The van der Waals surface area contributed by atoms with Crippen molar-refractivity contribution in [2.45, 2.75) is 12.6 Å². The summed E-state index contributed by atoms with van der Waals surface area (Å²) in [5.41, 5.74) is 0.0673. The normalized spacial score (nSPS) is 10.8. The SMILES string of the molecule is O=C(Cc1ccccc1)NCC(=O)OCC(=O)Nc1ccc(C(F)(F)F)cc1. The first-order chi connectivity index (χ1) is 13.2. The summed E-state index contributed by atoms with van der Waals surface area (Å²) in [5.74, 6) is -1.91. The number of halogens is 3. The Morgan fingerprint density at radius 3 is 2.14 bits per heavy atom. The maximum atomic E-state index is 12.5. The molecule has 2 aromatic carbocycles. The number of carbonyl (C=O) groups excluding carboxylic acids is 3. The molecular formula is C19H17F3N2O4. The molecule has 2 amide bonds. The van der Waals surface area contributed by atoms with Crippen molar-refractivity contribution in [1.29, 1.82) is 0 Å². The molecule has 0 aliphatic heterocycles. The number of esters is 1. The van der Waals surface area contributed by atoms with Crippen LogP contribution in [0.5, 0.6) is 0 Å². The number of amides is 2. The molecule has 0 radical (unpaired) electrons. The summed E-state index contributed by atoms with van der Waals surface area (Å²) in [7, 11) is 0. The van der Waals surface area contributed by atoms with Gasteiger partial charge in [0.1, 0.15) is 6.54 Å². The summed E-state index contributed by atoms with van der Waals surface area (Å²) in [6.45, 7) is -1.03. The highest BCUT2D eigenvalue weighted by molar-refractivity contribution is 5.93. The van der Waals surface area contributed by atoms with Crippen LogP contribution in [0.4, 0.5) is 18.9 Å². The van der Waals surface area contributed by atoms with E-state index < -0.39 is 36.8 Å². The molecule has 6 nitrogen and oxygen atoms in total. The van der Waals surface area contributed by atoms with Crippen LogP contribution in [0.25, 0.3) is 0 Å². The first-order valence-electron chi connectivity index (χ1n) is 8.17. The van der Waals surface area contributed by atoms with Gasteiger partial charge < -0.3 is 15.4 Å². The Morgan fingerprint density at radius 2 is 1.54 bits per heavy atom. The maximum Gasteiger partial charge on any atom is 0.416 e. The van der Waals surface area contributed by atoms with Crippen LogP contribution in [-0.2, 0) is 31.7 Å². The van der Waals surface area contributed by atoms with Gasteiger partial charge in [0.15, 0.2) is 6.61 Å². The van der Waals surface area contributed by atoms with Gasteiger partial charge in [-0.1, -0.05) is 30.3 Å². The Labute approximate surface area is 158 Å². The molecule has 2 rings (SSSR count). The molecule has 0 saturated carbocycles. The van der Waals surface area contributed by atoms with Gasteiger partial charge in [0.2, 0.25) is 5.91 Å². The lowest BCUT2D eigenvalue weighted by atomic mass is 10.1. The highest BCUT2D eigenvalue weighted by Gasteiger charge is 2.30. The fraction of sp³-hybridized carbons (Fsp3) is 0.211. The molecule has 0 unspecified atom stereocenters. The van der Waals surface area contributed by atoms with Gasteiger partial charge in [-0.15, -0.1) is 0 Å². The van der Waals surface area contributed by atoms with Gasteiger partial charge in [0, 0.05) is 5.69 Å². The molecule has 28 heavy (non-hydrogen) atoms. The summed E-state index contributed by atoms with van der Waals surface area (Å²) in [4.78, 5) is 35.0. The van der Waals surface area contributed by atoms with E-state index in [4.69, 9.17) is 4.74 Å². The van der Waals surface area contributed by atoms with Gasteiger partial charge in [0.25, 0.3) is 5.91 Å². The van der Waals surface area contributed by atoms with Gasteiger partial charge in [-0.25, -0.2) is 0 Å². The number of benzene rings is 2. The molecule has 9 heteroatoms. The Kier molecular flexibility index (Phi) is 7.14. The number of hydrogen-bond donors (Lipinski definition) is 2. The fourth-order valence-corrected chi connectivity index (χ4v) is 2.15. The van der Waals surface area contributed by atoms with E-state index in [1.54, 1.807) is 24.3 Å². The van der Waals surface area contributed by atoms with Crippen molar-refractivity contribution in [3.8, 4) is 0 Å². The molecule has 0 spiro atoms. The molecule has 0 aliphatic rings. The minimum Gasteiger partial charge on any atom is -0.454 e. The lowest BCUT2D eigenvalue weighted by molar-refractivity contribution is -0.147. The van der Waals surface area contributed by atoms with Crippen LogP contribution < -0.4 is 10.6 Å². The van der Waals surface area contributed by atoms with E-state index in [0.29, 0.717) is 0 Å². The number of ether oxygens (including phenoxy) is 1. The van der Waals surface area contributed by atoms with Crippen LogP contribution in [0.2, 0.25) is 0 Å². The predicted molar refractivity (Wildman–Crippen MR) is 94.2 cm³/mol. The summed E-state index contributed by atoms with van der Waals surface area (Å²) in [5, 5.41) is 4.68. The van der Waals surface area contributed by atoms with Crippen LogP contribution in [0, 0.1) is 0 Å². The zero-order chi connectivity index (χ0) is 20.6. The van der Waals surface area contributed by atoms with E-state index in [9.17, 15) is 27.6 Å². The van der Waals surface area contributed by atoms with Crippen LogP contribution in [0.1, 0.15) is 11.1 Å². The molecule has 0 bridgehead atoms. The number of nitrogens with one attached hydrogen (secondary N) is 2. The number of anilines is 1. The molecule has 0 saturated heterocycles. The molecule has 0 aromatic heterocycles. The maximum absolute atomic E-state index is 12.5. The van der Waals surface area contributed by atoms with Crippen LogP contribution in [0.3, 0.4) is 0 Å². The molecule has 2 N–H and O–H groups in total. The Morgan fingerprint density at radius 1 is 0.893 bits per heavy atom. The van der Waals surface area contributed by atoms with E-state index in [-0.39, 0.29) is 18.0 Å². The molecule has 0 heterocycles. The monoisotopic (exact) mass is 394 g/mol. The second-order valence-electron chi connectivity index (χ2n) is 5.72. The second-order valence-corrected chi connectivity index (χ2v) is 5.72. The van der Waals surface area contributed by atoms with Crippen molar-refractivity contribution in [3.05, 3.63) is 65.7 Å². The van der Waals surface area contributed by atoms with Crippen molar-refractivity contribution in [2.24, 2.45) is 0 Å². The Bertz CT molecular complexity index is 821. The molecule has 0 fully saturated rings. The smallest absolute Gasteiger partial charge is 0.416 e. The van der Waals surface area contributed by atoms with Gasteiger partial charge in [-0.2, -0.15) is 13.2 Å². The number of hydrogen-bond acceptors (Lipinski definition) is 4. The summed E-state index contributed by atoms with van der Waals surface area (Å²) in [6.07, 6.45) is -4.37. The highest BCUT2D eigenvalue weighted by Crippen LogP contribution is 2.29. The topological polar surface area (TPSA) is 84.5 Å². The largest absolute Gasteiger partial charge is 0.454 e. The molecule has 2 aromatic rings. The van der Waals surface area contributed by atoms with Crippen molar-refractivity contribution in [2.75, 3.05) is 18.5 Å². The number of alkyl halides is 3. The summed E-state index contributed by atoms with van der Waals surface area (Å²) in [6, 6.07) is 12.7. The van der Waals surface area contributed by atoms with Crippen LogP contribution >= 0.6 is 0 Å². The first-order valence-corrected chi connectivity index (χ1v) is 8.17. The number of rotatable bonds is 7. The van der Waals surface area contributed by atoms with Gasteiger partial charge in [0.05, 0.1) is 12.0 Å². The van der Waals surface area contributed by atoms with Crippen LogP contribution in [-0.4, -0.2) is 30.9 Å². The molecule has 148 valence electrons. The predicted octanol–water partition coefficient (Wildman–Crippen LogP) is 2.55. The van der Waals surface area contributed by atoms with Crippen molar-refractivity contribution in [3.63, 3.8) is 0 Å². The van der Waals surface area contributed by atoms with E-state index in [1.807, 2.05) is 6.07 Å². The van der Waals surface area contributed by atoms with Gasteiger partial charge in [-0.05, 0) is 29.8 Å². The summed E-state index contributed by atoms with van der Waals surface area (Å²) >= 11 is 0. The third-order valence-corrected chi connectivity index (χ3v) is 3.50. The van der Waals surface area contributed by atoms with E-state index in [2.05, 4.69) is 10.6 Å². The van der Waals surface area contributed by atoms with Crippen LogP contribution in [0.15, 0.2) is 54.6 Å². The summed E-state index contributed by atoms with van der Waals surface area (Å²) < 4.78 is 42.1. The molecular weight excluding hydrogens is 377 g/mol. The van der Waals surface area contributed by atoms with Crippen molar-refractivity contribution < 1.29 is 32.3 Å². The fourth-order valence-electron chi connectivity index (χ4n) is 2.15. The second kappa shape index (κ2) is 9.54. The lowest BCUT2D eigenvalue weighted by Gasteiger charge is -2.09. The third kappa shape index (κ3) is 7.10. The lowest BCUT2D eigenvalue weighted by Crippen LogP contribution is -2.33. The Hall–Kier alpha value is -3.36. The van der Waals surface area contributed by atoms with Gasteiger partial charge >= 0.3 is 12.1 Å². The Balaban J connectivity index is 1.69. The standard InChI is InChI=1S/C19H17F3N2O4/c20-19(21,22)14-6-8-15(9-7-14)24-17(26)12-28-18(27)11-23-16(25)10-13-4-2-1-3-5-13/h1-9H,10-12H2,(H,23,25)(H,24,26). The van der Waals surface area contributed by atoms with Gasteiger partial charge in [-0.3, -0.25) is 14.4 Å². The van der Waals surface area contributed by atoms with E-state index in [1.165, 1.54) is 0 Å². The molecule has 0 aliphatic carbocycles. The zero-order valence-electron chi connectivity index (χ0n) is 14.6. The van der Waals surface area contributed by atoms with Crippen molar-refractivity contribution in [1.82, 2.24) is 5.32 Å². The first kappa shape index (κ1) is 20.9. The highest BCUT2D eigenvalue weighted by atomic mass is 19.4. The average molecular weight is 394 g/mol. The molecule has 0 atom stereocenters. The van der Waals surface area contributed by atoms with E-state index >= 15 is 0 Å². The average Bonchev–Trinajstić information content (AvgIpc) is 2.65. The minimum atomic E-state index is -4.47. The minimum absolute atomic E-state index is 0.0997. The zero-order valence-corrected chi connectivity index (χ0v) is 14.6. The van der Waals surface area contributed by atoms with Crippen molar-refractivity contribution >= 4 is 23.5 Å². The van der Waals surface area contributed by atoms with E-state index in [0.717, 1.165) is 29.8 Å².